The highest BCUT2D eigenvalue weighted by Crippen LogP contribution is 2.31. The maximum Gasteiger partial charge on any atom is 0.204 e. The second-order valence-electron chi connectivity index (χ2n) is 8.32. The van der Waals surface area contributed by atoms with Crippen LogP contribution in [0.3, 0.4) is 0 Å². The van der Waals surface area contributed by atoms with Crippen molar-refractivity contribution in [1.82, 2.24) is 0 Å². The summed E-state index contributed by atoms with van der Waals surface area (Å²) in [4.78, 5) is 25.6. The zero-order valence-corrected chi connectivity index (χ0v) is 18.3. The number of carbonyl (C=O) groups is 1. The number of phenolic OH excluding ortho intramolecular Hbond substituents is 1. The maximum absolute atomic E-state index is 13.0. The smallest absolute Gasteiger partial charge is 0.204 e. The summed E-state index contributed by atoms with van der Waals surface area (Å²) in [6.45, 7) is -0.0518. The van der Waals surface area contributed by atoms with Gasteiger partial charge in [0.1, 0.15) is 41.1 Å². The summed E-state index contributed by atoms with van der Waals surface area (Å²) in [5.74, 6) is 0.865. The number of ketones is 1. The van der Waals surface area contributed by atoms with Gasteiger partial charge in [0.15, 0.2) is 5.78 Å². The lowest BCUT2D eigenvalue weighted by Gasteiger charge is -2.18. The molecule has 0 saturated heterocycles. The van der Waals surface area contributed by atoms with Crippen molar-refractivity contribution in [1.29, 1.82) is 0 Å². The van der Waals surface area contributed by atoms with E-state index in [4.69, 9.17) is 13.9 Å². The fraction of sp³-hybridized carbons (Fsp3) is 0.385. The summed E-state index contributed by atoms with van der Waals surface area (Å²) in [5.41, 5.74) is 0.862. The second kappa shape index (κ2) is 9.90. The second-order valence-corrected chi connectivity index (χ2v) is 8.32. The Kier molecular flexibility index (Phi) is 6.78. The van der Waals surface area contributed by atoms with E-state index in [1.54, 1.807) is 37.4 Å². The molecule has 4 rings (SSSR count). The van der Waals surface area contributed by atoms with Crippen molar-refractivity contribution in [3.05, 3.63) is 52.9 Å². The van der Waals surface area contributed by atoms with Gasteiger partial charge in [-0.2, -0.15) is 0 Å². The standard InChI is InChI=1S/C26H28O6/c1-30-19-11-9-17(10-12-19)21-15-32-24-14-20(13-22(27)25(24)26(21)29)31-16-23(28)18-7-5-3-2-4-6-8-18/h9-15,18,27H,2-8,16H2,1H3. The first kappa shape index (κ1) is 21.9. The van der Waals surface area contributed by atoms with Crippen molar-refractivity contribution >= 4 is 16.8 Å². The molecule has 6 heteroatoms. The van der Waals surface area contributed by atoms with Crippen LogP contribution in [0, 0.1) is 5.92 Å². The summed E-state index contributed by atoms with van der Waals surface area (Å²) < 4.78 is 16.5. The predicted octanol–water partition coefficient (Wildman–Crippen LogP) is 5.48. The number of aromatic hydroxyl groups is 1. The molecule has 2 aromatic carbocycles. The van der Waals surface area contributed by atoms with Crippen LogP contribution in [0.15, 0.2) is 51.9 Å². The van der Waals surface area contributed by atoms with E-state index in [0.29, 0.717) is 22.6 Å². The minimum Gasteiger partial charge on any atom is -0.507 e. The van der Waals surface area contributed by atoms with E-state index < -0.39 is 0 Å². The van der Waals surface area contributed by atoms with E-state index in [0.717, 1.165) is 25.7 Å². The minimum absolute atomic E-state index is 0.0364. The maximum atomic E-state index is 13.0. The largest absolute Gasteiger partial charge is 0.507 e. The molecule has 1 saturated carbocycles. The lowest BCUT2D eigenvalue weighted by atomic mass is 9.88. The van der Waals surface area contributed by atoms with E-state index >= 15 is 0 Å². The van der Waals surface area contributed by atoms with Crippen LogP contribution in [-0.4, -0.2) is 24.6 Å². The summed E-state index contributed by atoms with van der Waals surface area (Å²) >= 11 is 0. The lowest BCUT2D eigenvalue weighted by Crippen LogP contribution is -2.22. The first-order valence-corrected chi connectivity index (χ1v) is 11.2. The number of methoxy groups -OCH3 is 1. The van der Waals surface area contributed by atoms with Gasteiger partial charge in [-0.1, -0.05) is 44.2 Å². The Morgan fingerprint density at radius 3 is 2.41 bits per heavy atom. The molecule has 32 heavy (non-hydrogen) atoms. The van der Waals surface area contributed by atoms with Crippen LogP contribution < -0.4 is 14.9 Å². The van der Waals surface area contributed by atoms with Crippen molar-refractivity contribution in [3.63, 3.8) is 0 Å². The van der Waals surface area contributed by atoms with E-state index in [1.807, 2.05) is 0 Å². The third-order valence-corrected chi connectivity index (χ3v) is 6.17. The van der Waals surface area contributed by atoms with Crippen molar-refractivity contribution in [3.8, 4) is 28.4 Å². The SMILES string of the molecule is COc1ccc(-c2coc3cc(OCC(=O)C4CCCCCCC4)cc(O)c3c2=O)cc1. The third kappa shape index (κ3) is 4.79. The molecule has 1 fully saturated rings. The zero-order valence-electron chi connectivity index (χ0n) is 18.3. The molecule has 0 spiro atoms. The highest BCUT2D eigenvalue weighted by molar-refractivity contribution is 5.88. The van der Waals surface area contributed by atoms with Gasteiger partial charge in [0.2, 0.25) is 5.43 Å². The fourth-order valence-electron chi connectivity index (χ4n) is 4.31. The van der Waals surface area contributed by atoms with E-state index in [1.165, 1.54) is 31.6 Å². The molecule has 1 aromatic heterocycles. The number of rotatable bonds is 6. The van der Waals surface area contributed by atoms with Gasteiger partial charge >= 0.3 is 0 Å². The lowest BCUT2D eigenvalue weighted by molar-refractivity contribution is -0.125. The number of hydrogen-bond donors (Lipinski definition) is 1. The molecule has 0 amide bonds. The number of ether oxygens (including phenoxy) is 2. The Hall–Kier alpha value is -3.28. The van der Waals surface area contributed by atoms with Gasteiger partial charge < -0.3 is 19.0 Å². The average molecular weight is 437 g/mol. The highest BCUT2D eigenvalue weighted by atomic mass is 16.5. The monoisotopic (exact) mass is 436 g/mol. The van der Waals surface area contributed by atoms with Crippen LogP contribution in [0.2, 0.25) is 0 Å². The van der Waals surface area contributed by atoms with Crippen molar-refractivity contribution in [2.45, 2.75) is 44.9 Å². The van der Waals surface area contributed by atoms with E-state index in [-0.39, 0.29) is 40.5 Å². The first-order chi connectivity index (χ1) is 15.6. The third-order valence-electron chi connectivity index (χ3n) is 6.17. The predicted molar refractivity (Wildman–Crippen MR) is 122 cm³/mol. The fourth-order valence-corrected chi connectivity index (χ4v) is 4.31. The Labute approximate surface area is 186 Å². The Balaban J connectivity index is 1.53. The molecule has 1 aliphatic carbocycles. The van der Waals surface area contributed by atoms with Crippen LogP contribution in [0.5, 0.6) is 17.2 Å². The van der Waals surface area contributed by atoms with Crippen molar-refractivity contribution in [2.24, 2.45) is 5.92 Å². The number of hydrogen-bond acceptors (Lipinski definition) is 6. The van der Waals surface area contributed by atoms with Crippen molar-refractivity contribution < 1.29 is 23.8 Å². The molecule has 0 unspecified atom stereocenters. The molecular weight excluding hydrogens is 408 g/mol. The molecule has 1 heterocycles. The summed E-state index contributed by atoms with van der Waals surface area (Å²) in [7, 11) is 1.57. The van der Waals surface area contributed by atoms with Crippen molar-refractivity contribution in [2.75, 3.05) is 13.7 Å². The van der Waals surface area contributed by atoms with Gasteiger partial charge in [-0.15, -0.1) is 0 Å². The van der Waals surface area contributed by atoms with Crippen LogP contribution >= 0.6 is 0 Å². The quantitative estimate of drug-likeness (QED) is 0.550. The molecule has 0 atom stereocenters. The van der Waals surface area contributed by atoms with Crippen LogP contribution in [0.4, 0.5) is 0 Å². The molecule has 6 nitrogen and oxygen atoms in total. The van der Waals surface area contributed by atoms with E-state index in [9.17, 15) is 14.7 Å². The summed E-state index contributed by atoms with van der Waals surface area (Å²) in [6.07, 6.45) is 8.96. The average Bonchev–Trinajstić information content (AvgIpc) is 2.77. The van der Waals surface area contributed by atoms with Crippen LogP contribution in [0.1, 0.15) is 44.9 Å². The number of phenols is 1. The van der Waals surface area contributed by atoms with Gasteiger partial charge in [0.05, 0.1) is 12.7 Å². The van der Waals surface area contributed by atoms with Crippen LogP contribution in [-0.2, 0) is 4.79 Å². The molecule has 0 aliphatic heterocycles. The number of Topliss-reactive ketones (excluding diaryl/α,β-unsaturated/α-hetero) is 1. The van der Waals surface area contributed by atoms with Gasteiger partial charge in [0, 0.05) is 18.1 Å². The van der Waals surface area contributed by atoms with Gasteiger partial charge in [0.25, 0.3) is 0 Å². The van der Waals surface area contributed by atoms with Gasteiger partial charge in [-0.05, 0) is 30.5 Å². The minimum atomic E-state index is -0.342. The highest BCUT2D eigenvalue weighted by Gasteiger charge is 2.20. The Morgan fingerprint density at radius 2 is 1.72 bits per heavy atom. The first-order valence-electron chi connectivity index (χ1n) is 11.2. The molecule has 0 radical (unpaired) electrons. The Morgan fingerprint density at radius 1 is 1.03 bits per heavy atom. The zero-order chi connectivity index (χ0) is 22.5. The molecular formula is C26H28O6. The van der Waals surface area contributed by atoms with Crippen LogP contribution in [0.25, 0.3) is 22.1 Å². The molecule has 1 aliphatic rings. The van der Waals surface area contributed by atoms with E-state index in [2.05, 4.69) is 0 Å². The molecule has 3 aromatic rings. The van der Waals surface area contributed by atoms with Gasteiger partial charge in [-0.3, -0.25) is 9.59 Å². The summed E-state index contributed by atoms with van der Waals surface area (Å²) in [5, 5.41) is 10.6. The normalized spacial score (nSPS) is 15.2. The Bertz CT molecular complexity index is 1140. The molecule has 1 N–H and O–H groups in total. The number of fused-ring (bicyclic) bond motifs is 1. The summed E-state index contributed by atoms with van der Waals surface area (Å²) in [6, 6.07) is 9.92. The number of benzene rings is 2. The number of carbonyl (C=O) groups excluding carboxylic acids is 1. The molecule has 168 valence electrons. The van der Waals surface area contributed by atoms with Gasteiger partial charge in [-0.25, -0.2) is 0 Å². The topological polar surface area (TPSA) is 86.0 Å². The molecule has 0 bridgehead atoms.